The molecular formula is C21H23N5O3. The largest absolute Gasteiger partial charge is 0.494 e. The summed E-state index contributed by atoms with van der Waals surface area (Å²) >= 11 is 0. The fourth-order valence-corrected chi connectivity index (χ4v) is 3.14. The smallest absolute Gasteiger partial charge is 0.213 e. The number of hydrogen-bond acceptors (Lipinski definition) is 7. The van der Waals surface area contributed by atoms with Gasteiger partial charge < -0.3 is 14.2 Å². The summed E-state index contributed by atoms with van der Waals surface area (Å²) < 4.78 is 18.7. The normalized spacial score (nSPS) is 10.9. The number of aromatic nitrogens is 5. The Labute approximate surface area is 169 Å². The maximum absolute atomic E-state index is 5.62. The third-order valence-electron chi connectivity index (χ3n) is 4.36. The molecule has 0 bridgehead atoms. The molecular weight excluding hydrogens is 370 g/mol. The van der Waals surface area contributed by atoms with E-state index in [9.17, 15) is 0 Å². The van der Waals surface area contributed by atoms with Crippen molar-refractivity contribution >= 4 is 11.3 Å². The first-order chi connectivity index (χ1) is 14.2. The average Bonchev–Trinajstić information content (AvgIpc) is 3.11. The third-order valence-corrected chi connectivity index (χ3v) is 4.36. The molecule has 29 heavy (non-hydrogen) atoms. The Hall–Kier alpha value is -3.68. The van der Waals surface area contributed by atoms with E-state index >= 15 is 0 Å². The molecule has 0 N–H and O–H groups in total. The number of hydrogen-bond donors (Lipinski definition) is 0. The van der Waals surface area contributed by atoms with Crippen LogP contribution in [0.5, 0.6) is 17.4 Å². The maximum Gasteiger partial charge on any atom is 0.213 e. The highest BCUT2D eigenvalue weighted by molar-refractivity contribution is 5.79. The number of imidazole rings is 1. The van der Waals surface area contributed by atoms with E-state index in [4.69, 9.17) is 19.2 Å². The van der Waals surface area contributed by atoms with Crippen molar-refractivity contribution in [2.24, 2.45) is 0 Å². The van der Waals surface area contributed by atoms with Crippen LogP contribution in [0.4, 0.5) is 0 Å². The molecule has 0 aliphatic heterocycles. The molecule has 0 spiro atoms. The summed E-state index contributed by atoms with van der Waals surface area (Å²) in [6.07, 6.45) is 1.70. The van der Waals surface area contributed by atoms with Crippen molar-refractivity contribution in [2.75, 3.05) is 20.8 Å². The van der Waals surface area contributed by atoms with Gasteiger partial charge in [-0.3, -0.25) is 4.57 Å². The number of nitrogens with zero attached hydrogens (tertiary/aromatic N) is 5. The Balaban J connectivity index is 0.00000256. The number of para-hydroxylation sites is 1. The number of aryl methyl sites for hydroxylation is 1. The highest BCUT2D eigenvalue weighted by Gasteiger charge is 2.23. The molecule has 8 nitrogen and oxygen atoms in total. The first-order valence-electron chi connectivity index (χ1n) is 9.20. The second-order valence-electron chi connectivity index (χ2n) is 6.23. The van der Waals surface area contributed by atoms with E-state index in [2.05, 4.69) is 15.0 Å². The lowest BCUT2D eigenvalue weighted by molar-refractivity contribution is 0.327. The molecule has 3 aromatic heterocycles. The van der Waals surface area contributed by atoms with E-state index in [-0.39, 0.29) is 1.43 Å². The van der Waals surface area contributed by atoms with Crippen LogP contribution < -0.4 is 14.2 Å². The van der Waals surface area contributed by atoms with E-state index in [1.165, 1.54) is 0 Å². The summed E-state index contributed by atoms with van der Waals surface area (Å²) in [7, 11) is 3.22. The molecule has 0 saturated carbocycles. The van der Waals surface area contributed by atoms with Crippen molar-refractivity contribution in [1.82, 2.24) is 24.5 Å². The van der Waals surface area contributed by atoms with E-state index in [0.29, 0.717) is 52.5 Å². The van der Waals surface area contributed by atoms with Crippen molar-refractivity contribution in [2.45, 2.75) is 13.8 Å². The molecule has 8 heteroatoms. The van der Waals surface area contributed by atoms with E-state index in [1.54, 1.807) is 20.4 Å². The summed E-state index contributed by atoms with van der Waals surface area (Å²) in [4.78, 5) is 18.5. The van der Waals surface area contributed by atoms with Crippen LogP contribution in [0.25, 0.3) is 28.5 Å². The number of fused-ring (bicyclic) bond motifs is 1. The zero-order valence-electron chi connectivity index (χ0n) is 16.7. The summed E-state index contributed by atoms with van der Waals surface area (Å²) in [5, 5.41) is 0. The molecule has 0 radical (unpaired) electrons. The molecule has 1 aromatic carbocycles. The van der Waals surface area contributed by atoms with E-state index < -0.39 is 0 Å². The van der Waals surface area contributed by atoms with Crippen LogP contribution in [-0.2, 0) is 0 Å². The zero-order valence-corrected chi connectivity index (χ0v) is 16.7. The van der Waals surface area contributed by atoms with Gasteiger partial charge in [-0.15, -0.1) is 0 Å². The van der Waals surface area contributed by atoms with Gasteiger partial charge in [-0.05, 0) is 32.0 Å². The summed E-state index contributed by atoms with van der Waals surface area (Å²) in [5.74, 6) is 2.32. The molecule has 0 saturated heterocycles. The molecule has 0 aliphatic rings. The zero-order chi connectivity index (χ0) is 20.4. The first kappa shape index (κ1) is 18.7. The Morgan fingerprint density at radius 1 is 0.966 bits per heavy atom. The lowest BCUT2D eigenvalue weighted by Crippen LogP contribution is -2.05. The number of pyridine rings is 1. The SMILES string of the molecule is CCOc1cccc(-c2nc3nc(C)cnc3n2-c2c(OC)cccc2OC)n1.[HH]. The molecule has 4 aromatic rings. The second kappa shape index (κ2) is 7.75. The van der Waals surface area contributed by atoms with Gasteiger partial charge in [-0.25, -0.2) is 19.9 Å². The van der Waals surface area contributed by atoms with Gasteiger partial charge >= 0.3 is 0 Å². The number of ether oxygens (including phenoxy) is 3. The highest BCUT2D eigenvalue weighted by atomic mass is 16.5. The fraction of sp³-hybridized carbons (Fsp3) is 0.238. The van der Waals surface area contributed by atoms with Crippen molar-refractivity contribution < 1.29 is 15.6 Å². The van der Waals surface area contributed by atoms with Crippen LogP contribution >= 0.6 is 0 Å². The van der Waals surface area contributed by atoms with Crippen LogP contribution in [0.2, 0.25) is 0 Å². The Kier molecular flexibility index (Phi) is 4.99. The van der Waals surface area contributed by atoms with Gasteiger partial charge in [0.1, 0.15) is 22.9 Å². The highest BCUT2D eigenvalue weighted by Crippen LogP contribution is 2.37. The summed E-state index contributed by atoms with van der Waals surface area (Å²) in [6, 6.07) is 11.1. The van der Waals surface area contributed by atoms with Crippen molar-refractivity contribution in [1.29, 1.82) is 0 Å². The number of benzene rings is 1. The van der Waals surface area contributed by atoms with Gasteiger partial charge in [-0.2, -0.15) is 0 Å². The van der Waals surface area contributed by atoms with Crippen molar-refractivity contribution in [3.8, 4) is 34.6 Å². The molecule has 0 atom stereocenters. The number of methoxy groups -OCH3 is 2. The topological polar surface area (TPSA) is 84.2 Å². The Morgan fingerprint density at radius 2 is 1.69 bits per heavy atom. The van der Waals surface area contributed by atoms with Gasteiger partial charge in [0.05, 0.1) is 32.7 Å². The van der Waals surface area contributed by atoms with Gasteiger partial charge in [0.25, 0.3) is 0 Å². The minimum atomic E-state index is 0. The van der Waals surface area contributed by atoms with Crippen LogP contribution in [0, 0.1) is 6.92 Å². The number of rotatable bonds is 6. The monoisotopic (exact) mass is 393 g/mol. The van der Waals surface area contributed by atoms with Gasteiger partial charge in [0.2, 0.25) is 5.88 Å². The quantitative estimate of drug-likeness (QED) is 0.492. The third kappa shape index (κ3) is 3.33. The second-order valence-corrected chi connectivity index (χ2v) is 6.23. The lowest BCUT2D eigenvalue weighted by Gasteiger charge is -2.16. The van der Waals surface area contributed by atoms with Gasteiger partial charge in [-0.1, -0.05) is 12.1 Å². The minimum absolute atomic E-state index is 0. The average molecular weight is 393 g/mol. The molecule has 3 heterocycles. The maximum atomic E-state index is 5.62. The standard InChI is InChI=1S/C21H21N5O3.H2/c1-5-29-17-11-6-8-14(24-17)20-25-19-21(22-12-13(2)23-19)26(20)18-15(27-3)9-7-10-16(18)28-4;/h6-12H,5H2,1-4H3;1H. The molecule has 0 fully saturated rings. The summed E-state index contributed by atoms with van der Waals surface area (Å²) in [6.45, 7) is 4.32. The lowest BCUT2D eigenvalue weighted by atomic mass is 10.2. The van der Waals surface area contributed by atoms with Crippen LogP contribution in [0.1, 0.15) is 14.0 Å². The van der Waals surface area contributed by atoms with Gasteiger partial charge in [0, 0.05) is 7.49 Å². The first-order valence-corrected chi connectivity index (χ1v) is 9.20. The minimum Gasteiger partial charge on any atom is -0.494 e. The van der Waals surface area contributed by atoms with E-state index in [0.717, 1.165) is 5.69 Å². The van der Waals surface area contributed by atoms with Crippen LogP contribution in [-0.4, -0.2) is 45.3 Å². The summed E-state index contributed by atoms with van der Waals surface area (Å²) in [5.41, 5.74) is 3.17. The molecule has 4 rings (SSSR count). The van der Waals surface area contributed by atoms with Crippen LogP contribution in [0.15, 0.2) is 42.6 Å². The van der Waals surface area contributed by atoms with Crippen molar-refractivity contribution in [3.63, 3.8) is 0 Å². The molecule has 0 unspecified atom stereocenters. The van der Waals surface area contributed by atoms with Crippen molar-refractivity contribution in [3.05, 3.63) is 48.3 Å². The Bertz CT molecular complexity index is 1160. The van der Waals surface area contributed by atoms with Crippen LogP contribution in [0.3, 0.4) is 0 Å². The Morgan fingerprint density at radius 3 is 2.38 bits per heavy atom. The molecule has 0 aliphatic carbocycles. The van der Waals surface area contributed by atoms with E-state index in [1.807, 2.05) is 54.8 Å². The predicted octanol–water partition coefficient (Wildman–Crippen LogP) is 3.85. The van der Waals surface area contributed by atoms with Gasteiger partial charge in [0.15, 0.2) is 17.1 Å². The molecule has 0 amide bonds. The molecule has 150 valence electrons. The predicted molar refractivity (Wildman–Crippen MR) is 111 cm³/mol. The fourth-order valence-electron chi connectivity index (χ4n) is 3.14.